The molecule has 0 aliphatic carbocycles. The van der Waals surface area contributed by atoms with Crippen molar-refractivity contribution in [1.29, 1.82) is 0 Å². The summed E-state index contributed by atoms with van der Waals surface area (Å²) in [6.07, 6.45) is 2.78. The zero-order valence-corrected chi connectivity index (χ0v) is 13.0. The first-order valence-electron chi connectivity index (χ1n) is 8.01. The average Bonchev–Trinajstić information content (AvgIpc) is 3.18. The van der Waals surface area contributed by atoms with Gasteiger partial charge >= 0.3 is 6.09 Å². The molecule has 118 valence electrons. The summed E-state index contributed by atoms with van der Waals surface area (Å²) in [6, 6.07) is 7.70. The Labute approximate surface area is 130 Å². The van der Waals surface area contributed by atoms with Crippen LogP contribution in [0.4, 0.5) is 10.5 Å². The maximum Gasteiger partial charge on any atom is 0.410 e. The number of hydrogen-bond acceptors (Lipinski definition) is 4. The van der Waals surface area contributed by atoms with Crippen molar-refractivity contribution in [2.75, 3.05) is 31.1 Å². The van der Waals surface area contributed by atoms with Gasteiger partial charge < -0.3 is 9.64 Å². The lowest BCUT2D eigenvalue weighted by Crippen LogP contribution is -2.31. The van der Waals surface area contributed by atoms with Crippen molar-refractivity contribution in [1.82, 2.24) is 4.90 Å². The lowest BCUT2D eigenvalue weighted by Gasteiger charge is -2.18. The fourth-order valence-electron chi connectivity index (χ4n) is 3.01. The fraction of sp³-hybridized carbons (Fsp3) is 0.529. The second-order valence-electron chi connectivity index (χ2n) is 5.96. The van der Waals surface area contributed by atoms with Gasteiger partial charge in [0.1, 0.15) is 6.10 Å². The topological polar surface area (TPSA) is 49.9 Å². The van der Waals surface area contributed by atoms with E-state index < -0.39 is 0 Å². The molecular weight excluding hydrogens is 280 g/mol. The van der Waals surface area contributed by atoms with E-state index in [1.165, 1.54) is 23.4 Å². The van der Waals surface area contributed by atoms with Gasteiger partial charge in [0.2, 0.25) is 0 Å². The second kappa shape index (κ2) is 6.38. The maximum atomic E-state index is 12.3. The van der Waals surface area contributed by atoms with E-state index in [0.29, 0.717) is 12.1 Å². The van der Waals surface area contributed by atoms with E-state index in [-0.39, 0.29) is 24.5 Å². The Bertz CT molecular complexity index is 550. The third-order valence-corrected chi connectivity index (χ3v) is 4.40. The van der Waals surface area contributed by atoms with Crippen LogP contribution in [0, 0.1) is 0 Å². The third kappa shape index (κ3) is 3.08. The highest BCUT2D eigenvalue weighted by atomic mass is 16.6. The quantitative estimate of drug-likeness (QED) is 0.785. The SMILES string of the molecule is CCC1CN(CC(=O)c2ccc(N3CCCC3)cc2)C(=O)O1. The van der Waals surface area contributed by atoms with E-state index in [0.717, 1.165) is 19.5 Å². The summed E-state index contributed by atoms with van der Waals surface area (Å²) in [4.78, 5) is 27.8. The molecule has 1 aromatic rings. The first-order valence-corrected chi connectivity index (χ1v) is 8.01. The molecule has 0 aromatic heterocycles. The van der Waals surface area contributed by atoms with E-state index in [2.05, 4.69) is 4.90 Å². The third-order valence-electron chi connectivity index (χ3n) is 4.40. The molecule has 5 nitrogen and oxygen atoms in total. The van der Waals surface area contributed by atoms with Crippen LogP contribution >= 0.6 is 0 Å². The van der Waals surface area contributed by atoms with Gasteiger partial charge in [-0.15, -0.1) is 0 Å². The van der Waals surface area contributed by atoms with Gasteiger partial charge in [0.15, 0.2) is 5.78 Å². The summed E-state index contributed by atoms with van der Waals surface area (Å²) in [7, 11) is 0. The van der Waals surface area contributed by atoms with Crippen LogP contribution < -0.4 is 4.90 Å². The average molecular weight is 302 g/mol. The largest absolute Gasteiger partial charge is 0.444 e. The summed E-state index contributed by atoms with van der Waals surface area (Å²) >= 11 is 0. The molecule has 5 heteroatoms. The molecule has 1 atom stereocenters. The minimum absolute atomic E-state index is 0.0401. The van der Waals surface area contributed by atoms with Crippen LogP contribution in [0.2, 0.25) is 0 Å². The van der Waals surface area contributed by atoms with E-state index in [9.17, 15) is 9.59 Å². The molecule has 1 unspecified atom stereocenters. The van der Waals surface area contributed by atoms with Gasteiger partial charge in [0.05, 0.1) is 13.1 Å². The van der Waals surface area contributed by atoms with Gasteiger partial charge in [-0.3, -0.25) is 9.69 Å². The predicted octanol–water partition coefficient (Wildman–Crippen LogP) is 2.70. The van der Waals surface area contributed by atoms with Crippen LogP contribution in [-0.4, -0.2) is 49.1 Å². The molecule has 1 amide bonds. The van der Waals surface area contributed by atoms with Crippen LogP contribution in [0.3, 0.4) is 0 Å². The van der Waals surface area contributed by atoms with Crippen LogP contribution in [0.1, 0.15) is 36.5 Å². The highest BCUT2D eigenvalue weighted by molar-refractivity contribution is 5.99. The first kappa shape index (κ1) is 14.9. The molecule has 0 bridgehead atoms. The molecule has 2 fully saturated rings. The lowest BCUT2D eigenvalue weighted by atomic mass is 10.1. The number of carbonyl (C=O) groups excluding carboxylic acids is 2. The summed E-state index contributed by atoms with van der Waals surface area (Å²) in [6.45, 7) is 4.75. The number of hydrogen-bond donors (Lipinski definition) is 0. The molecule has 1 aromatic carbocycles. The number of nitrogens with zero attached hydrogens (tertiary/aromatic N) is 2. The summed E-state index contributed by atoms with van der Waals surface area (Å²) in [5.74, 6) is -0.0401. The number of benzene rings is 1. The number of Topliss-reactive ketones (excluding diaryl/α,β-unsaturated/α-hetero) is 1. The maximum absolute atomic E-state index is 12.3. The molecular formula is C17H22N2O3. The second-order valence-corrected chi connectivity index (χ2v) is 5.96. The van der Waals surface area contributed by atoms with Gasteiger partial charge in [-0.2, -0.15) is 0 Å². The Hall–Kier alpha value is -2.04. The van der Waals surface area contributed by atoms with E-state index >= 15 is 0 Å². The molecule has 0 N–H and O–H groups in total. The van der Waals surface area contributed by atoms with Gasteiger partial charge in [0, 0.05) is 24.3 Å². The Balaban J connectivity index is 1.61. The Morgan fingerprint density at radius 3 is 2.50 bits per heavy atom. The van der Waals surface area contributed by atoms with Crippen molar-refractivity contribution in [3.63, 3.8) is 0 Å². The van der Waals surface area contributed by atoms with Crippen LogP contribution in [0.5, 0.6) is 0 Å². The molecule has 2 saturated heterocycles. The van der Waals surface area contributed by atoms with Crippen molar-refractivity contribution in [2.45, 2.75) is 32.3 Å². The number of anilines is 1. The predicted molar refractivity (Wildman–Crippen MR) is 84.4 cm³/mol. The molecule has 2 aliphatic rings. The minimum Gasteiger partial charge on any atom is -0.444 e. The van der Waals surface area contributed by atoms with Crippen LogP contribution in [0.15, 0.2) is 24.3 Å². The molecule has 2 heterocycles. The summed E-state index contributed by atoms with van der Waals surface area (Å²) in [5, 5.41) is 0. The van der Waals surface area contributed by atoms with Crippen molar-refractivity contribution in [2.24, 2.45) is 0 Å². The van der Waals surface area contributed by atoms with Gasteiger partial charge in [-0.05, 0) is 43.5 Å². The van der Waals surface area contributed by atoms with Gasteiger partial charge in [-0.1, -0.05) is 6.92 Å². The zero-order valence-electron chi connectivity index (χ0n) is 13.0. The first-order chi connectivity index (χ1) is 10.7. The number of ether oxygens (including phenoxy) is 1. The van der Waals surface area contributed by atoms with Crippen molar-refractivity contribution in [3.8, 4) is 0 Å². The standard InChI is InChI=1S/C17H22N2O3/c1-2-15-11-19(17(21)22-15)12-16(20)13-5-7-14(8-6-13)18-9-3-4-10-18/h5-8,15H,2-4,9-12H2,1H3. The van der Waals surface area contributed by atoms with Crippen molar-refractivity contribution < 1.29 is 14.3 Å². The highest BCUT2D eigenvalue weighted by Crippen LogP contribution is 2.21. The molecule has 0 radical (unpaired) electrons. The smallest absolute Gasteiger partial charge is 0.410 e. The molecule has 22 heavy (non-hydrogen) atoms. The minimum atomic E-state index is -0.381. The summed E-state index contributed by atoms with van der Waals surface area (Å²) < 4.78 is 5.17. The number of ketones is 1. The van der Waals surface area contributed by atoms with E-state index in [4.69, 9.17) is 4.74 Å². The van der Waals surface area contributed by atoms with Crippen LogP contribution in [-0.2, 0) is 4.74 Å². The molecule has 0 spiro atoms. The normalized spacial score (nSPS) is 21.3. The Kier molecular flexibility index (Phi) is 4.32. The number of cyclic esters (lactones) is 1. The lowest BCUT2D eigenvalue weighted by molar-refractivity contribution is 0.0941. The summed E-state index contributed by atoms with van der Waals surface area (Å²) in [5.41, 5.74) is 1.82. The molecule has 2 aliphatic heterocycles. The van der Waals surface area contributed by atoms with Crippen molar-refractivity contribution >= 4 is 17.6 Å². The van der Waals surface area contributed by atoms with E-state index in [1.54, 1.807) is 0 Å². The molecule has 0 saturated carbocycles. The van der Waals surface area contributed by atoms with Gasteiger partial charge in [-0.25, -0.2) is 4.79 Å². The Morgan fingerprint density at radius 2 is 1.91 bits per heavy atom. The number of rotatable bonds is 5. The van der Waals surface area contributed by atoms with Gasteiger partial charge in [0.25, 0.3) is 0 Å². The fourth-order valence-corrected chi connectivity index (χ4v) is 3.01. The highest BCUT2D eigenvalue weighted by Gasteiger charge is 2.31. The zero-order chi connectivity index (χ0) is 15.5. The number of carbonyl (C=O) groups is 2. The number of amides is 1. The Morgan fingerprint density at radius 1 is 1.23 bits per heavy atom. The van der Waals surface area contributed by atoms with Crippen molar-refractivity contribution in [3.05, 3.63) is 29.8 Å². The monoisotopic (exact) mass is 302 g/mol. The van der Waals surface area contributed by atoms with E-state index in [1.807, 2.05) is 31.2 Å². The van der Waals surface area contributed by atoms with Crippen LogP contribution in [0.25, 0.3) is 0 Å². The molecule has 3 rings (SSSR count).